The first kappa shape index (κ1) is 38.8. The largest absolute Gasteiger partial charge is 0.337 e. The van der Waals surface area contributed by atoms with Crippen molar-refractivity contribution in [2.24, 2.45) is 11.8 Å². The van der Waals surface area contributed by atoms with E-state index in [0.717, 1.165) is 81.7 Å². The molecule has 1 aliphatic carbocycles. The van der Waals surface area contributed by atoms with E-state index in [1.165, 1.54) is 20.8 Å². The Morgan fingerprint density at radius 2 is 1.63 bits per heavy atom. The Morgan fingerprint density at radius 1 is 0.877 bits per heavy atom. The van der Waals surface area contributed by atoms with Crippen molar-refractivity contribution >= 4 is 22.6 Å². The highest BCUT2D eigenvalue weighted by atomic mass is 19.1. The van der Waals surface area contributed by atoms with Gasteiger partial charge in [0.05, 0.1) is 23.8 Å². The maximum absolute atomic E-state index is 14.6. The van der Waals surface area contributed by atoms with Gasteiger partial charge in [-0.05, 0) is 85.3 Å². The van der Waals surface area contributed by atoms with Crippen molar-refractivity contribution in [3.63, 3.8) is 0 Å². The van der Waals surface area contributed by atoms with Crippen LogP contribution >= 0.6 is 0 Å². The molecule has 2 aromatic carbocycles. The van der Waals surface area contributed by atoms with Gasteiger partial charge in [-0.15, -0.1) is 0 Å². The van der Waals surface area contributed by atoms with Gasteiger partial charge >= 0.3 is 5.69 Å². The Kier molecular flexibility index (Phi) is 11.4. The summed E-state index contributed by atoms with van der Waals surface area (Å²) in [4.78, 5) is 67.5. The fourth-order valence-corrected chi connectivity index (χ4v) is 9.02. The Labute approximate surface area is 332 Å². The van der Waals surface area contributed by atoms with Gasteiger partial charge < -0.3 is 4.57 Å². The van der Waals surface area contributed by atoms with E-state index in [2.05, 4.69) is 62.4 Å². The Hall–Kier alpha value is -5.07. The third kappa shape index (κ3) is 8.62. The molecule has 57 heavy (non-hydrogen) atoms. The highest BCUT2D eigenvalue weighted by Crippen LogP contribution is 2.34. The zero-order valence-electron chi connectivity index (χ0n) is 33.0. The van der Waals surface area contributed by atoms with Crippen molar-refractivity contribution in [2.75, 3.05) is 32.7 Å². The zero-order valence-corrected chi connectivity index (χ0v) is 33.0. The monoisotopic (exact) mass is 773 g/mol. The van der Waals surface area contributed by atoms with E-state index in [1.807, 2.05) is 30.5 Å². The van der Waals surface area contributed by atoms with E-state index in [-0.39, 0.29) is 28.8 Å². The van der Waals surface area contributed by atoms with Gasteiger partial charge in [-0.2, -0.15) is 0 Å². The molecule has 0 atom stereocenters. The average molecular weight is 774 g/mol. The van der Waals surface area contributed by atoms with Crippen LogP contribution in [-0.4, -0.2) is 77.8 Å². The summed E-state index contributed by atoms with van der Waals surface area (Å²) >= 11 is 0. The second-order valence-corrected chi connectivity index (χ2v) is 16.7. The maximum atomic E-state index is 14.6. The van der Waals surface area contributed by atoms with E-state index in [0.29, 0.717) is 68.2 Å². The van der Waals surface area contributed by atoms with E-state index in [4.69, 9.17) is 0 Å². The van der Waals surface area contributed by atoms with Crippen LogP contribution in [0.5, 0.6) is 0 Å². The molecular formula is C45H52FN7O4. The minimum absolute atomic E-state index is 0.0441. The van der Waals surface area contributed by atoms with Crippen LogP contribution in [0.15, 0.2) is 76.6 Å². The van der Waals surface area contributed by atoms with Gasteiger partial charge in [-0.25, -0.2) is 23.7 Å². The van der Waals surface area contributed by atoms with Gasteiger partial charge in [0, 0.05) is 70.8 Å². The van der Waals surface area contributed by atoms with Crippen molar-refractivity contribution in [3.05, 3.63) is 111 Å². The number of halogens is 1. The molecule has 5 aromatic rings. The third-order valence-corrected chi connectivity index (χ3v) is 12.0. The SMILES string of the molecule is CC(C)CC(=O)CN1CCN(Cc2ccc(-c3cccc(-n4c(=O)n(C5CCC(CC(=O)c6cn7c(n6)CCCC7)CC5)c(=O)c5cc(F)cnc54)c3)cc2)CC1. The number of carbonyl (C=O) groups is 2. The van der Waals surface area contributed by atoms with Gasteiger partial charge in [-0.1, -0.05) is 50.2 Å². The number of hydrogen-bond donors (Lipinski definition) is 0. The van der Waals surface area contributed by atoms with E-state index < -0.39 is 17.1 Å². The van der Waals surface area contributed by atoms with Crippen LogP contribution in [0.25, 0.3) is 27.8 Å². The lowest BCUT2D eigenvalue weighted by Gasteiger charge is -2.34. The van der Waals surface area contributed by atoms with Crippen molar-refractivity contribution in [3.8, 4) is 16.8 Å². The van der Waals surface area contributed by atoms with E-state index >= 15 is 0 Å². The van der Waals surface area contributed by atoms with Crippen molar-refractivity contribution < 1.29 is 14.0 Å². The molecule has 1 saturated carbocycles. The molecule has 0 bridgehead atoms. The number of pyridine rings is 1. The second-order valence-electron chi connectivity index (χ2n) is 16.7. The summed E-state index contributed by atoms with van der Waals surface area (Å²) in [6.45, 7) is 10.0. The number of rotatable bonds is 12. The first-order valence-corrected chi connectivity index (χ1v) is 20.7. The lowest BCUT2D eigenvalue weighted by Crippen LogP contribution is -2.47. The molecule has 11 nitrogen and oxygen atoms in total. The first-order valence-electron chi connectivity index (χ1n) is 20.7. The van der Waals surface area contributed by atoms with E-state index in [1.54, 1.807) is 0 Å². The number of benzene rings is 2. The Bertz CT molecular complexity index is 2360. The number of nitrogens with zero attached hydrogens (tertiary/aromatic N) is 7. The topological polar surface area (TPSA) is 115 Å². The Balaban J connectivity index is 0.975. The lowest BCUT2D eigenvalue weighted by atomic mass is 9.82. The molecule has 3 aliphatic rings. The molecule has 0 N–H and O–H groups in total. The summed E-state index contributed by atoms with van der Waals surface area (Å²) in [5.41, 5.74) is 3.19. The standard InChI is InChI=1S/C45H52FN7O4/c1-30(2)22-38(54)28-50-20-18-49(19-21-50)27-32-9-13-33(14-10-32)34-6-5-7-37(24-34)52-43-39(25-35(46)26-47-43)44(56)53(45(52)57)36-15-11-31(12-16-36)23-41(55)40-29-51-17-4-3-8-42(51)48-40/h5-7,9-10,13-14,24-26,29-31,36H,3-4,8,11-12,15-23,27-28H2,1-2H3. The number of piperazine rings is 1. The maximum Gasteiger partial charge on any atom is 0.337 e. The molecule has 1 saturated heterocycles. The fourth-order valence-electron chi connectivity index (χ4n) is 9.02. The molecule has 0 unspecified atom stereocenters. The van der Waals surface area contributed by atoms with Crippen LogP contribution in [0, 0.1) is 17.7 Å². The molecule has 2 aliphatic heterocycles. The van der Waals surface area contributed by atoms with Gasteiger partial charge in [0.25, 0.3) is 5.56 Å². The number of ketones is 2. The van der Waals surface area contributed by atoms with Crippen LogP contribution in [0.4, 0.5) is 4.39 Å². The molecule has 0 spiro atoms. The number of aryl methyl sites for hydroxylation is 2. The van der Waals surface area contributed by atoms with Gasteiger partial charge in [-0.3, -0.25) is 28.8 Å². The number of Topliss-reactive ketones (excluding diaryl/α,β-unsaturated/α-hetero) is 2. The van der Waals surface area contributed by atoms with Crippen LogP contribution in [0.3, 0.4) is 0 Å². The summed E-state index contributed by atoms with van der Waals surface area (Å²) in [6.07, 6.45) is 9.54. The smallest absolute Gasteiger partial charge is 0.334 e. The molecule has 8 rings (SSSR count). The molecular weight excluding hydrogens is 722 g/mol. The highest BCUT2D eigenvalue weighted by Gasteiger charge is 2.29. The fraction of sp³-hybridized carbons (Fsp3) is 0.467. The molecule has 0 radical (unpaired) electrons. The quantitative estimate of drug-likeness (QED) is 0.130. The van der Waals surface area contributed by atoms with Crippen LogP contribution in [-0.2, 0) is 24.3 Å². The predicted molar refractivity (Wildman–Crippen MR) is 218 cm³/mol. The molecule has 3 aromatic heterocycles. The van der Waals surface area contributed by atoms with Crippen molar-refractivity contribution in [1.82, 2.24) is 33.5 Å². The van der Waals surface area contributed by atoms with Crippen molar-refractivity contribution in [1.29, 1.82) is 0 Å². The number of imidazole rings is 1. The molecule has 298 valence electrons. The predicted octanol–water partition coefficient (Wildman–Crippen LogP) is 6.62. The minimum Gasteiger partial charge on any atom is -0.334 e. The lowest BCUT2D eigenvalue weighted by molar-refractivity contribution is -0.121. The summed E-state index contributed by atoms with van der Waals surface area (Å²) in [7, 11) is 0. The summed E-state index contributed by atoms with van der Waals surface area (Å²) in [5, 5.41) is 0.0494. The number of fused-ring (bicyclic) bond motifs is 2. The molecule has 0 amide bonds. The highest BCUT2D eigenvalue weighted by molar-refractivity contribution is 5.94. The number of hydrogen-bond acceptors (Lipinski definition) is 8. The van der Waals surface area contributed by atoms with Crippen LogP contribution in [0.2, 0.25) is 0 Å². The average Bonchev–Trinajstić information content (AvgIpc) is 3.65. The normalized spacial score (nSPS) is 19.2. The summed E-state index contributed by atoms with van der Waals surface area (Å²) in [5.74, 6) is 1.22. The summed E-state index contributed by atoms with van der Waals surface area (Å²) in [6, 6.07) is 16.8. The molecule has 12 heteroatoms. The van der Waals surface area contributed by atoms with Crippen LogP contribution < -0.4 is 11.2 Å². The Morgan fingerprint density at radius 3 is 2.37 bits per heavy atom. The third-order valence-electron chi connectivity index (χ3n) is 12.0. The molecule has 2 fully saturated rings. The van der Waals surface area contributed by atoms with E-state index in [9.17, 15) is 23.6 Å². The van der Waals surface area contributed by atoms with Gasteiger partial charge in [0.15, 0.2) is 11.4 Å². The summed E-state index contributed by atoms with van der Waals surface area (Å²) < 4.78 is 19.4. The van der Waals surface area contributed by atoms with Crippen molar-refractivity contribution in [2.45, 2.75) is 90.8 Å². The first-order chi connectivity index (χ1) is 27.6. The number of carbonyl (C=O) groups excluding carboxylic acids is 2. The van der Waals surface area contributed by atoms with Crippen LogP contribution in [0.1, 0.15) is 93.1 Å². The van der Waals surface area contributed by atoms with Gasteiger partial charge in [0.2, 0.25) is 0 Å². The minimum atomic E-state index is -0.646. The zero-order chi connectivity index (χ0) is 39.6. The number of aromatic nitrogens is 5. The molecule has 5 heterocycles. The van der Waals surface area contributed by atoms with Gasteiger partial charge in [0.1, 0.15) is 23.1 Å². The second kappa shape index (κ2) is 16.8.